The van der Waals surface area contributed by atoms with Gasteiger partial charge in [0.2, 0.25) is 0 Å². The van der Waals surface area contributed by atoms with E-state index in [9.17, 15) is 9.18 Å². The van der Waals surface area contributed by atoms with Gasteiger partial charge in [-0.25, -0.2) is 14.2 Å². The van der Waals surface area contributed by atoms with Crippen LogP contribution < -0.4 is 5.32 Å². The molecule has 0 bridgehead atoms. The Morgan fingerprint density at radius 2 is 2.16 bits per heavy atom. The van der Waals surface area contributed by atoms with Crippen LogP contribution in [0.4, 0.5) is 15.0 Å². The van der Waals surface area contributed by atoms with Crippen molar-refractivity contribution in [2.75, 3.05) is 18.4 Å². The highest BCUT2D eigenvalue weighted by Gasteiger charge is 2.27. The van der Waals surface area contributed by atoms with Gasteiger partial charge in [0.05, 0.1) is 0 Å². The first kappa shape index (κ1) is 17.5. The molecule has 2 heterocycles. The molecule has 1 aliphatic rings. The molecule has 1 N–H and O–H groups in total. The lowest BCUT2D eigenvalue weighted by atomic mass is 10.1. The molecule has 1 amide bonds. The number of carbonyl (C=O) groups excluding carboxylic acids is 1. The average molecular weight is 345 g/mol. The van der Waals surface area contributed by atoms with Gasteiger partial charge in [0.1, 0.15) is 17.2 Å². The van der Waals surface area contributed by atoms with E-state index in [-0.39, 0.29) is 18.0 Å². The van der Waals surface area contributed by atoms with E-state index in [1.165, 1.54) is 12.1 Å². The minimum Gasteiger partial charge on any atom is -0.444 e. The summed E-state index contributed by atoms with van der Waals surface area (Å²) >= 11 is 0. The zero-order chi connectivity index (χ0) is 18.0. The van der Waals surface area contributed by atoms with E-state index < -0.39 is 5.60 Å². The van der Waals surface area contributed by atoms with Gasteiger partial charge in [0.15, 0.2) is 0 Å². The molecule has 6 heteroatoms. The molecule has 0 aliphatic carbocycles. The Hall–Kier alpha value is -2.37. The number of nitrogens with zero attached hydrogens (tertiary/aromatic N) is 2. The van der Waals surface area contributed by atoms with Crippen LogP contribution in [0.3, 0.4) is 0 Å². The molecule has 3 rings (SSSR count). The van der Waals surface area contributed by atoms with Gasteiger partial charge in [0, 0.05) is 30.7 Å². The first-order valence-corrected chi connectivity index (χ1v) is 8.60. The van der Waals surface area contributed by atoms with Crippen LogP contribution in [0, 0.1) is 5.82 Å². The van der Waals surface area contributed by atoms with E-state index in [2.05, 4.69) is 10.3 Å². The van der Waals surface area contributed by atoms with Crippen LogP contribution in [0.2, 0.25) is 0 Å². The van der Waals surface area contributed by atoms with Gasteiger partial charge in [-0.2, -0.15) is 0 Å². The molecule has 134 valence electrons. The molecule has 1 aromatic heterocycles. The van der Waals surface area contributed by atoms with E-state index in [0.29, 0.717) is 18.9 Å². The fraction of sp³-hybridized carbons (Fsp3) is 0.474. The number of carbonyl (C=O) groups is 1. The van der Waals surface area contributed by atoms with Gasteiger partial charge in [-0.15, -0.1) is 0 Å². The van der Waals surface area contributed by atoms with Crippen molar-refractivity contribution in [3.8, 4) is 0 Å². The summed E-state index contributed by atoms with van der Waals surface area (Å²) in [6.45, 7) is 6.85. The SMILES string of the molecule is CC(C)(C)OC(=O)N1CCC[C@@H](Nc2nccc3cc(F)ccc23)C1. The minimum atomic E-state index is -0.501. The van der Waals surface area contributed by atoms with Crippen LogP contribution in [0.15, 0.2) is 30.5 Å². The summed E-state index contributed by atoms with van der Waals surface area (Å²) in [7, 11) is 0. The summed E-state index contributed by atoms with van der Waals surface area (Å²) in [6, 6.07) is 6.54. The molecule has 0 unspecified atom stereocenters. The van der Waals surface area contributed by atoms with Crippen molar-refractivity contribution < 1.29 is 13.9 Å². The van der Waals surface area contributed by atoms with Crippen LogP contribution in [0.1, 0.15) is 33.6 Å². The summed E-state index contributed by atoms with van der Waals surface area (Å²) in [4.78, 5) is 18.4. The van der Waals surface area contributed by atoms with E-state index in [4.69, 9.17) is 4.74 Å². The third-order valence-corrected chi connectivity index (χ3v) is 4.14. The third-order valence-electron chi connectivity index (χ3n) is 4.14. The number of benzene rings is 1. The van der Waals surface area contributed by atoms with Crippen molar-refractivity contribution >= 4 is 22.7 Å². The van der Waals surface area contributed by atoms with Crippen molar-refractivity contribution in [3.63, 3.8) is 0 Å². The molecule has 0 radical (unpaired) electrons. The molecule has 5 nitrogen and oxygen atoms in total. The van der Waals surface area contributed by atoms with Gasteiger partial charge in [0.25, 0.3) is 0 Å². The first-order chi connectivity index (χ1) is 11.8. The normalized spacial score (nSPS) is 18.2. The number of fused-ring (bicyclic) bond motifs is 1. The van der Waals surface area contributed by atoms with E-state index in [1.54, 1.807) is 23.2 Å². The largest absolute Gasteiger partial charge is 0.444 e. The maximum Gasteiger partial charge on any atom is 0.410 e. The van der Waals surface area contributed by atoms with Crippen molar-refractivity contribution in [1.29, 1.82) is 0 Å². The molecule has 1 aromatic carbocycles. The summed E-state index contributed by atoms with van der Waals surface area (Å²) in [5, 5.41) is 5.08. The Morgan fingerprint density at radius 1 is 1.36 bits per heavy atom. The minimum absolute atomic E-state index is 0.0874. The van der Waals surface area contributed by atoms with Crippen LogP contribution in [-0.2, 0) is 4.74 Å². The molecular formula is C19H24FN3O2. The number of aromatic nitrogens is 1. The maximum atomic E-state index is 13.4. The number of likely N-dealkylation sites (tertiary alicyclic amines) is 1. The Balaban J connectivity index is 1.72. The lowest BCUT2D eigenvalue weighted by Gasteiger charge is -2.34. The first-order valence-electron chi connectivity index (χ1n) is 8.60. The Kier molecular flexibility index (Phi) is 4.79. The van der Waals surface area contributed by atoms with E-state index in [0.717, 1.165) is 23.6 Å². The van der Waals surface area contributed by atoms with E-state index >= 15 is 0 Å². The predicted octanol–water partition coefficient (Wildman–Crippen LogP) is 4.19. The summed E-state index contributed by atoms with van der Waals surface area (Å²) in [6.07, 6.45) is 3.22. The molecule has 0 spiro atoms. The highest BCUT2D eigenvalue weighted by atomic mass is 19.1. The number of anilines is 1. The molecular weight excluding hydrogens is 321 g/mol. The number of ether oxygens (including phenoxy) is 1. The second-order valence-electron chi connectivity index (χ2n) is 7.43. The summed E-state index contributed by atoms with van der Waals surface area (Å²) in [5.41, 5.74) is -0.501. The summed E-state index contributed by atoms with van der Waals surface area (Å²) in [5.74, 6) is 0.451. The van der Waals surface area contributed by atoms with Crippen molar-refractivity contribution in [3.05, 3.63) is 36.3 Å². The van der Waals surface area contributed by atoms with Crippen molar-refractivity contribution in [2.45, 2.75) is 45.3 Å². The molecule has 1 saturated heterocycles. The highest BCUT2D eigenvalue weighted by Crippen LogP contribution is 2.24. The number of rotatable bonds is 2. The zero-order valence-electron chi connectivity index (χ0n) is 14.9. The van der Waals surface area contributed by atoms with Gasteiger partial charge in [-0.1, -0.05) is 0 Å². The number of nitrogens with one attached hydrogen (secondary N) is 1. The fourth-order valence-electron chi connectivity index (χ4n) is 3.04. The van der Waals surface area contributed by atoms with Gasteiger partial charge >= 0.3 is 6.09 Å². The van der Waals surface area contributed by atoms with E-state index in [1.807, 2.05) is 20.8 Å². The zero-order valence-corrected chi connectivity index (χ0v) is 14.9. The highest BCUT2D eigenvalue weighted by molar-refractivity contribution is 5.91. The van der Waals surface area contributed by atoms with Gasteiger partial charge in [-0.3, -0.25) is 0 Å². The Morgan fingerprint density at radius 3 is 2.92 bits per heavy atom. The molecule has 1 aliphatic heterocycles. The van der Waals surface area contributed by atoms with Crippen molar-refractivity contribution in [2.24, 2.45) is 0 Å². The number of hydrogen-bond acceptors (Lipinski definition) is 4. The molecule has 2 aromatic rings. The smallest absolute Gasteiger partial charge is 0.410 e. The van der Waals surface area contributed by atoms with Gasteiger partial charge in [-0.05, 0) is 63.3 Å². The second-order valence-corrected chi connectivity index (χ2v) is 7.43. The van der Waals surface area contributed by atoms with Gasteiger partial charge < -0.3 is 15.0 Å². The number of pyridine rings is 1. The molecule has 0 saturated carbocycles. The summed E-state index contributed by atoms with van der Waals surface area (Å²) < 4.78 is 18.9. The Bertz CT molecular complexity index is 773. The third kappa shape index (κ3) is 4.38. The average Bonchev–Trinajstić information content (AvgIpc) is 2.53. The number of piperidine rings is 1. The number of halogens is 1. The van der Waals surface area contributed by atoms with Crippen LogP contribution in [-0.4, -0.2) is 40.7 Å². The van der Waals surface area contributed by atoms with Crippen LogP contribution in [0.25, 0.3) is 10.8 Å². The maximum absolute atomic E-state index is 13.4. The monoisotopic (exact) mass is 345 g/mol. The number of amides is 1. The number of hydrogen-bond donors (Lipinski definition) is 1. The molecule has 1 atom stereocenters. The lowest BCUT2D eigenvalue weighted by Crippen LogP contribution is -2.47. The fourth-order valence-corrected chi connectivity index (χ4v) is 3.04. The second kappa shape index (κ2) is 6.86. The van der Waals surface area contributed by atoms with Crippen LogP contribution in [0.5, 0.6) is 0 Å². The quantitative estimate of drug-likeness (QED) is 0.887. The topological polar surface area (TPSA) is 54.5 Å². The Labute approximate surface area is 147 Å². The molecule has 25 heavy (non-hydrogen) atoms. The predicted molar refractivity (Wildman–Crippen MR) is 96.2 cm³/mol. The molecule has 1 fully saturated rings. The van der Waals surface area contributed by atoms with Crippen LogP contribution >= 0.6 is 0 Å². The lowest BCUT2D eigenvalue weighted by molar-refractivity contribution is 0.0206. The standard InChI is InChI=1S/C19H24FN3O2/c1-19(2,3)25-18(24)23-10-4-5-15(12-23)22-17-16-7-6-14(20)11-13(16)8-9-21-17/h6-9,11,15H,4-5,10,12H2,1-3H3,(H,21,22)/t15-/m1/s1. The van der Waals surface area contributed by atoms with Crippen molar-refractivity contribution in [1.82, 2.24) is 9.88 Å².